The Balaban J connectivity index is 1.11. The Hall–Kier alpha value is -9.88. The number of rotatable bonds is 14. The first-order valence-corrected chi connectivity index (χ1v) is 28.0. The summed E-state index contributed by atoms with van der Waals surface area (Å²) in [5.74, 6) is 0. The first-order valence-electron chi connectivity index (χ1n) is 28.0. The zero-order chi connectivity index (χ0) is 53.9. The first-order chi connectivity index (χ1) is 39.6. The minimum Gasteiger partial charge on any atom is -0.0905 e. The summed E-state index contributed by atoms with van der Waals surface area (Å²) in [6.45, 7) is 5.20. The second kappa shape index (κ2) is 24.2. The maximum atomic E-state index is 5.20. The summed E-state index contributed by atoms with van der Waals surface area (Å²) in [5, 5.41) is 0. The molecule has 0 aromatic heterocycles. The molecule has 0 N–H and O–H groups in total. The fourth-order valence-corrected chi connectivity index (χ4v) is 11.4. The van der Waals surface area contributed by atoms with Gasteiger partial charge < -0.3 is 0 Å². The van der Waals surface area contributed by atoms with Gasteiger partial charge in [0.05, 0.1) is 0 Å². The standard InChI is InChI=1S/C80H62/c1-58(70-49-59(50-71(55-70)61-29-11-2-12-30-61)53-78(64-35-17-5-18-36-64)65-37-19-6-20-38-65)77-57-69(75-46-28-10-27-45-74(75)63-33-15-4-16-34-63)47-48-76(77)80(68-43-25-9-26-44-68)73-52-60(51-72(56-73)62-31-13-3-14-32-62)54-79(66-39-21-7-22-40-66)67-41-23-8-24-42-67/h2-5,7-19,21-27,29-43,45-57H,1,6,20,28,44H2/b78-53+,80-68-. The molecule has 0 heterocycles. The predicted octanol–water partition coefficient (Wildman–Crippen LogP) is 21.2. The summed E-state index contributed by atoms with van der Waals surface area (Å²) >= 11 is 0. The van der Waals surface area contributed by atoms with Crippen molar-refractivity contribution in [2.45, 2.75) is 25.7 Å². The van der Waals surface area contributed by atoms with Crippen LogP contribution in [0.25, 0.3) is 67.8 Å². The lowest BCUT2D eigenvalue weighted by molar-refractivity contribution is 1.03. The molecule has 3 aliphatic rings. The van der Waals surface area contributed by atoms with Gasteiger partial charge in [-0.25, -0.2) is 0 Å². The van der Waals surface area contributed by atoms with Crippen LogP contribution in [0.15, 0.2) is 321 Å². The van der Waals surface area contributed by atoms with Gasteiger partial charge in [0.15, 0.2) is 0 Å². The third-order valence-electron chi connectivity index (χ3n) is 15.3. The minimum absolute atomic E-state index is 0.780. The molecule has 0 radical (unpaired) electrons. The molecule has 0 heteroatoms. The van der Waals surface area contributed by atoms with E-state index < -0.39 is 0 Å². The Morgan fingerprint density at radius 2 is 0.912 bits per heavy atom. The maximum absolute atomic E-state index is 5.20. The van der Waals surface area contributed by atoms with Crippen LogP contribution in [-0.4, -0.2) is 0 Å². The summed E-state index contributed by atoms with van der Waals surface area (Å²) in [6, 6.07) is 86.2. The van der Waals surface area contributed by atoms with E-state index in [1.807, 2.05) is 0 Å². The van der Waals surface area contributed by atoms with Crippen LogP contribution >= 0.6 is 0 Å². The monoisotopic (exact) mass is 1020 g/mol. The molecule has 0 nitrogen and oxygen atoms in total. The van der Waals surface area contributed by atoms with Crippen molar-refractivity contribution in [2.24, 2.45) is 0 Å². The fraction of sp³-hybridized carbons (Fsp3) is 0.0500. The lowest BCUT2D eigenvalue weighted by atomic mass is 9.80. The molecule has 0 amide bonds. The molecule has 3 aliphatic carbocycles. The highest BCUT2D eigenvalue weighted by Gasteiger charge is 2.23. The number of hydrogen-bond acceptors (Lipinski definition) is 0. The molecule has 9 aromatic carbocycles. The van der Waals surface area contributed by atoms with Crippen molar-refractivity contribution in [1.82, 2.24) is 0 Å². The molecular weight excluding hydrogens is 961 g/mol. The lowest BCUT2D eigenvalue weighted by Gasteiger charge is -2.23. The number of hydrogen-bond donors (Lipinski definition) is 0. The van der Waals surface area contributed by atoms with Crippen molar-refractivity contribution < 1.29 is 0 Å². The van der Waals surface area contributed by atoms with Crippen molar-refractivity contribution in [2.75, 3.05) is 0 Å². The minimum atomic E-state index is 0.780. The number of benzene rings is 9. The van der Waals surface area contributed by atoms with E-state index >= 15 is 0 Å². The molecule has 9 aromatic rings. The van der Waals surface area contributed by atoms with Crippen molar-refractivity contribution in [3.05, 3.63) is 382 Å². The second-order valence-corrected chi connectivity index (χ2v) is 20.6. The lowest BCUT2D eigenvalue weighted by Crippen LogP contribution is -2.03. The van der Waals surface area contributed by atoms with Gasteiger partial charge in [-0.15, -0.1) is 0 Å². The Bertz CT molecular complexity index is 3990. The fourth-order valence-electron chi connectivity index (χ4n) is 11.4. The zero-order valence-corrected chi connectivity index (χ0v) is 45.1. The average Bonchev–Trinajstić information content (AvgIpc) is 3.84. The molecule has 0 spiro atoms. The Labute approximate surface area is 473 Å². The molecular formula is C80H62. The smallest absolute Gasteiger partial charge is 0.00695 e. The van der Waals surface area contributed by atoms with E-state index in [0.717, 1.165) is 92.5 Å². The Kier molecular flexibility index (Phi) is 15.4. The Morgan fingerprint density at radius 3 is 1.49 bits per heavy atom. The average molecular weight is 1020 g/mol. The quantitative estimate of drug-likeness (QED) is 0.0953. The van der Waals surface area contributed by atoms with E-state index in [-0.39, 0.29) is 0 Å². The van der Waals surface area contributed by atoms with E-state index in [4.69, 9.17) is 6.58 Å². The molecule has 0 saturated carbocycles. The van der Waals surface area contributed by atoms with E-state index in [0.29, 0.717) is 0 Å². The van der Waals surface area contributed by atoms with Gasteiger partial charge in [-0.05, 0) is 208 Å². The summed E-state index contributed by atoms with van der Waals surface area (Å²) in [5.41, 5.74) is 26.5. The van der Waals surface area contributed by atoms with Crippen LogP contribution in [0.1, 0.15) is 86.9 Å². The van der Waals surface area contributed by atoms with Crippen LogP contribution < -0.4 is 0 Å². The van der Waals surface area contributed by atoms with E-state index in [1.54, 1.807) is 0 Å². The van der Waals surface area contributed by atoms with Gasteiger partial charge in [-0.1, -0.05) is 268 Å². The van der Waals surface area contributed by atoms with Crippen LogP contribution in [0.2, 0.25) is 0 Å². The molecule has 0 aliphatic heterocycles. The normalized spacial score (nSPS) is 14.6. The summed E-state index contributed by atoms with van der Waals surface area (Å²) < 4.78 is 0. The largest absolute Gasteiger partial charge is 0.0905 e. The van der Waals surface area contributed by atoms with Gasteiger partial charge in [0.2, 0.25) is 0 Å². The van der Waals surface area contributed by atoms with Crippen LogP contribution in [0.4, 0.5) is 0 Å². The molecule has 80 heavy (non-hydrogen) atoms. The molecule has 0 atom stereocenters. The summed E-state index contributed by atoms with van der Waals surface area (Å²) in [6.07, 6.45) is 33.5. The highest BCUT2D eigenvalue weighted by molar-refractivity contribution is 6.07. The second-order valence-electron chi connectivity index (χ2n) is 20.6. The van der Waals surface area contributed by atoms with E-state index in [2.05, 4.69) is 316 Å². The molecule has 382 valence electrons. The van der Waals surface area contributed by atoms with Gasteiger partial charge in [-0.3, -0.25) is 0 Å². The third-order valence-corrected chi connectivity index (χ3v) is 15.3. The van der Waals surface area contributed by atoms with Crippen LogP contribution in [0.5, 0.6) is 0 Å². The van der Waals surface area contributed by atoms with Crippen molar-refractivity contribution in [3.8, 4) is 22.3 Å². The van der Waals surface area contributed by atoms with Gasteiger partial charge in [0, 0.05) is 0 Å². The van der Waals surface area contributed by atoms with Crippen LogP contribution in [0.3, 0.4) is 0 Å². The molecule has 0 bridgehead atoms. The SMILES string of the molecule is C=C(c1cc(/C=C(/C2=CCCC=C2)c2ccccc2)cc(-c2ccccc2)c1)c1cc(C2=CCC=CC=C2c2ccccc2)ccc1/C(=C1/C=CC=CC1)c1cc(C=C(c2ccccc2)c2ccccc2)cc(-c2ccccc2)c1. The van der Waals surface area contributed by atoms with Gasteiger partial charge in [0.25, 0.3) is 0 Å². The highest BCUT2D eigenvalue weighted by atomic mass is 14.3. The number of allylic oxidation sites excluding steroid dienone is 16. The predicted molar refractivity (Wildman–Crippen MR) is 344 cm³/mol. The van der Waals surface area contributed by atoms with Crippen molar-refractivity contribution in [3.63, 3.8) is 0 Å². The van der Waals surface area contributed by atoms with Crippen molar-refractivity contribution >= 4 is 45.6 Å². The van der Waals surface area contributed by atoms with Gasteiger partial charge in [0.1, 0.15) is 0 Å². The summed E-state index contributed by atoms with van der Waals surface area (Å²) in [4.78, 5) is 0. The first kappa shape index (κ1) is 50.9. The third kappa shape index (κ3) is 11.5. The highest BCUT2D eigenvalue weighted by Crippen LogP contribution is 2.44. The molecule has 0 fully saturated rings. The molecule has 0 saturated heterocycles. The van der Waals surface area contributed by atoms with E-state index in [1.165, 1.54) is 61.3 Å². The molecule has 0 unspecified atom stereocenters. The van der Waals surface area contributed by atoms with Crippen LogP contribution in [0, 0.1) is 0 Å². The van der Waals surface area contributed by atoms with Crippen LogP contribution in [-0.2, 0) is 0 Å². The topological polar surface area (TPSA) is 0 Å². The van der Waals surface area contributed by atoms with Gasteiger partial charge in [-0.2, -0.15) is 0 Å². The molecule has 12 rings (SSSR count). The summed E-state index contributed by atoms with van der Waals surface area (Å²) in [7, 11) is 0. The zero-order valence-electron chi connectivity index (χ0n) is 45.1. The van der Waals surface area contributed by atoms with Gasteiger partial charge >= 0.3 is 0 Å². The van der Waals surface area contributed by atoms with Crippen molar-refractivity contribution in [1.29, 1.82) is 0 Å². The maximum Gasteiger partial charge on any atom is -0.00695 e. The Morgan fingerprint density at radius 1 is 0.362 bits per heavy atom. The van der Waals surface area contributed by atoms with E-state index in [9.17, 15) is 0 Å².